The molecule has 0 aromatic rings. The van der Waals surface area contributed by atoms with E-state index in [2.05, 4.69) is 26.0 Å². The van der Waals surface area contributed by atoms with Crippen molar-refractivity contribution in [2.45, 2.75) is 46.0 Å². The van der Waals surface area contributed by atoms with E-state index in [1.54, 1.807) is 11.1 Å². The summed E-state index contributed by atoms with van der Waals surface area (Å²) in [4.78, 5) is 0. The first-order chi connectivity index (χ1) is 5.34. The second kappa shape index (κ2) is 4.38. The van der Waals surface area contributed by atoms with Gasteiger partial charge in [0.15, 0.2) is 0 Å². The van der Waals surface area contributed by atoms with Gasteiger partial charge in [0.25, 0.3) is 0 Å². The summed E-state index contributed by atoms with van der Waals surface area (Å²) in [7, 11) is 0. The van der Waals surface area contributed by atoms with E-state index in [1.165, 1.54) is 25.7 Å². The molecule has 0 saturated carbocycles. The maximum absolute atomic E-state index is 2.31. The fourth-order valence-electron chi connectivity index (χ4n) is 1.57. The Morgan fingerprint density at radius 1 is 1.27 bits per heavy atom. The first-order valence-corrected chi connectivity index (χ1v) is 4.69. The lowest BCUT2D eigenvalue weighted by molar-refractivity contribution is 0.682. The molecule has 62 valence electrons. The Kier molecular flexibility index (Phi) is 3.41. The minimum absolute atomic E-state index is 1.16. The predicted octanol–water partition coefficient (Wildman–Crippen LogP) is 3.84. The quantitative estimate of drug-likeness (QED) is 0.561. The summed E-state index contributed by atoms with van der Waals surface area (Å²) in [6.07, 6.45) is 11.2. The van der Waals surface area contributed by atoms with Crippen LogP contribution >= 0.6 is 0 Å². The second-order valence-electron chi connectivity index (χ2n) is 3.32. The molecule has 0 N–H and O–H groups in total. The van der Waals surface area contributed by atoms with Gasteiger partial charge in [-0.1, -0.05) is 24.6 Å². The molecule has 0 radical (unpaired) electrons. The standard InChI is InChI=1S/C11H18/c1-3-4-8-11-9-6-5-7-10(11)2/h4,8H,3,5-7,9H2,1-2H3/b8-4+. The van der Waals surface area contributed by atoms with Crippen LogP contribution in [0.2, 0.25) is 0 Å². The van der Waals surface area contributed by atoms with E-state index >= 15 is 0 Å². The van der Waals surface area contributed by atoms with Crippen LogP contribution in [0.3, 0.4) is 0 Å². The average Bonchev–Trinajstić information content (AvgIpc) is 2.03. The van der Waals surface area contributed by atoms with Crippen molar-refractivity contribution in [3.05, 3.63) is 23.3 Å². The van der Waals surface area contributed by atoms with E-state index in [0.29, 0.717) is 0 Å². The van der Waals surface area contributed by atoms with Crippen LogP contribution in [0.5, 0.6) is 0 Å². The van der Waals surface area contributed by atoms with Crippen LogP contribution in [0, 0.1) is 0 Å². The van der Waals surface area contributed by atoms with Crippen LogP contribution in [-0.4, -0.2) is 0 Å². The average molecular weight is 150 g/mol. The first kappa shape index (κ1) is 8.58. The Hall–Kier alpha value is -0.520. The van der Waals surface area contributed by atoms with Crippen LogP contribution in [0.25, 0.3) is 0 Å². The van der Waals surface area contributed by atoms with E-state index in [1.807, 2.05) is 0 Å². The summed E-state index contributed by atoms with van der Waals surface area (Å²) in [5.74, 6) is 0. The Morgan fingerprint density at radius 2 is 2.00 bits per heavy atom. The molecule has 0 aliphatic heterocycles. The lowest BCUT2D eigenvalue weighted by Crippen LogP contribution is -1.94. The second-order valence-corrected chi connectivity index (χ2v) is 3.32. The van der Waals surface area contributed by atoms with Crippen LogP contribution in [-0.2, 0) is 0 Å². The lowest BCUT2D eigenvalue weighted by Gasteiger charge is -2.14. The highest BCUT2D eigenvalue weighted by molar-refractivity contribution is 5.26. The molecule has 1 aliphatic carbocycles. The molecule has 0 nitrogen and oxygen atoms in total. The number of allylic oxidation sites excluding steroid dienone is 4. The molecule has 0 atom stereocenters. The van der Waals surface area contributed by atoms with Crippen molar-refractivity contribution in [1.82, 2.24) is 0 Å². The molecule has 0 aromatic carbocycles. The van der Waals surface area contributed by atoms with Gasteiger partial charge in [0.1, 0.15) is 0 Å². The molecule has 0 spiro atoms. The molecule has 11 heavy (non-hydrogen) atoms. The highest BCUT2D eigenvalue weighted by atomic mass is 14.1. The lowest BCUT2D eigenvalue weighted by atomic mass is 9.92. The summed E-state index contributed by atoms with van der Waals surface area (Å²) in [6, 6.07) is 0. The Balaban J connectivity index is 2.59. The molecular weight excluding hydrogens is 132 g/mol. The Labute approximate surface area is 70.0 Å². The van der Waals surface area contributed by atoms with E-state index in [4.69, 9.17) is 0 Å². The van der Waals surface area contributed by atoms with E-state index in [-0.39, 0.29) is 0 Å². The van der Waals surface area contributed by atoms with Gasteiger partial charge in [-0.2, -0.15) is 0 Å². The number of hydrogen-bond donors (Lipinski definition) is 0. The van der Waals surface area contributed by atoms with Crippen LogP contribution in [0.15, 0.2) is 23.3 Å². The SMILES string of the molecule is CC/C=C/C1=C(C)CCCC1. The van der Waals surface area contributed by atoms with Crippen molar-refractivity contribution < 1.29 is 0 Å². The van der Waals surface area contributed by atoms with Gasteiger partial charge in [0.05, 0.1) is 0 Å². The van der Waals surface area contributed by atoms with Gasteiger partial charge in [-0.3, -0.25) is 0 Å². The topological polar surface area (TPSA) is 0 Å². The molecular formula is C11H18. The fraction of sp³-hybridized carbons (Fsp3) is 0.636. The fourth-order valence-corrected chi connectivity index (χ4v) is 1.57. The van der Waals surface area contributed by atoms with Gasteiger partial charge in [-0.25, -0.2) is 0 Å². The summed E-state index contributed by atoms with van der Waals surface area (Å²) in [5.41, 5.74) is 3.21. The van der Waals surface area contributed by atoms with Crippen LogP contribution < -0.4 is 0 Å². The molecule has 0 unspecified atom stereocenters. The van der Waals surface area contributed by atoms with Crippen molar-refractivity contribution in [2.75, 3.05) is 0 Å². The molecule has 0 saturated heterocycles. The zero-order valence-corrected chi connectivity index (χ0v) is 7.69. The van der Waals surface area contributed by atoms with Gasteiger partial charge >= 0.3 is 0 Å². The van der Waals surface area contributed by atoms with Gasteiger partial charge in [0.2, 0.25) is 0 Å². The monoisotopic (exact) mass is 150 g/mol. The first-order valence-electron chi connectivity index (χ1n) is 4.69. The third-order valence-electron chi connectivity index (χ3n) is 2.35. The normalized spacial score (nSPS) is 19.8. The predicted molar refractivity (Wildman–Crippen MR) is 50.6 cm³/mol. The largest absolute Gasteiger partial charge is 0.0845 e. The third-order valence-corrected chi connectivity index (χ3v) is 2.35. The molecule has 1 aliphatic rings. The number of rotatable bonds is 2. The summed E-state index contributed by atoms with van der Waals surface area (Å²) in [6.45, 7) is 4.46. The van der Waals surface area contributed by atoms with E-state index in [9.17, 15) is 0 Å². The Morgan fingerprint density at radius 3 is 2.64 bits per heavy atom. The molecule has 1 rings (SSSR count). The van der Waals surface area contributed by atoms with Crippen molar-refractivity contribution >= 4 is 0 Å². The van der Waals surface area contributed by atoms with E-state index < -0.39 is 0 Å². The third kappa shape index (κ3) is 2.53. The van der Waals surface area contributed by atoms with Crippen LogP contribution in [0.4, 0.5) is 0 Å². The smallest absolute Gasteiger partial charge is 0.0279 e. The van der Waals surface area contributed by atoms with Crippen molar-refractivity contribution in [2.24, 2.45) is 0 Å². The zero-order valence-electron chi connectivity index (χ0n) is 7.69. The van der Waals surface area contributed by atoms with Gasteiger partial charge in [0, 0.05) is 0 Å². The summed E-state index contributed by atoms with van der Waals surface area (Å²) >= 11 is 0. The molecule has 0 amide bonds. The molecule has 0 aromatic heterocycles. The van der Waals surface area contributed by atoms with Gasteiger partial charge < -0.3 is 0 Å². The highest BCUT2D eigenvalue weighted by Crippen LogP contribution is 2.24. The zero-order chi connectivity index (χ0) is 8.10. The number of hydrogen-bond acceptors (Lipinski definition) is 0. The minimum atomic E-state index is 1.16. The van der Waals surface area contributed by atoms with Crippen LogP contribution in [0.1, 0.15) is 46.0 Å². The maximum atomic E-state index is 2.31. The molecule has 0 fully saturated rings. The molecule has 0 heteroatoms. The van der Waals surface area contributed by atoms with E-state index in [0.717, 1.165) is 6.42 Å². The maximum Gasteiger partial charge on any atom is -0.0279 e. The van der Waals surface area contributed by atoms with Crippen molar-refractivity contribution in [1.29, 1.82) is 0 Å². The molecule has 0 bridgehead atoms. The summed E-state index contributed by atoms with van der Waals surface area (Å²) in [5, 5.41) is 0. The van der Waals surface area contributed by atoms with Gasteiger partial charge in [-0.05, 0) is 44.6 Å². The minimum Gasteiger partial charge on any atom is -0.0845 e. The van der Waals surface area contributed by atoms with Crippen molar-refractivity contribution in [3.8, 4) is 0 Å². The summed E-state index contributed by atoms with van der Waals surface area (Å²) < 4.78 is 0. The van der Waals surface area contributed by atoms with Gasteiger partial charge in [-0.15, -0.1) is 0 Å². The highest BCUT2D eigenvalue weighted by Gasteiger charge is 2.05. The molecule has 0 heterocycles. The Bertz CT molecular complexity index is 172. The van der Waals surface area contributed by atoms with Crippen molar-refractivity contribution in [3.63, 3.8) is 0 Å².